The Hall–Kier alpha value is -0.610. The van der Waals surface area contributed by atoms with Crippen molar-refractivity contribution in [2.75, 3.05) is 6.61 Å². The van der Waals surface area contributed by atoms with Gasteiger partial charge in [0.25, 0.3) is 0 Å². The third-order valence-electron chi connectivity index (χ3n) is 6.01. The predicted octanol–water partition coefficient (Wildman–Crippen LogP) is 3.68. The Morgan fingerprint density at radius 3 is 2.64 bits per heavy atom. The van der Waals surface area contributed by atoms with E-state index in [4.69, 9.17) is 14.2 Å². The molecule has 4 heteroatoms. The molecule has 126 valence electrons. The molecule has 3 aliphatic rings. The summed E-state index contributed by atoms with van der Waals surface area (Å²) in [5.41, 5.74) is -0.543. The molecule has 3 rings (SSSR count). The van der Waals surface area contributed by atoms with Crippen LogP contribution in [0.2, 0.25) is 0 Å². The molecule has 1 aliphatic carbocycles. The third-order valence-corrected chi connectivity index (χ3v) is 6.01. The number of esters is 1. The van der Waals surface area contributed by atoms with Crippen LogP contribution in [0.1, 0.15) is 66.2 Å². The number of carbonyl (C=O) groups excluding carboxylic acids is 1. The van der Waals surface area contributed by atoms with Crippen LogP contribution < -0.4 is 0 Å². The van der Waals surface area contributed by atoms with Gasteiger partial charge in [0, 0.05) is 18.9 Å². The maximum Gasteiger partial charge on any atom is 0.311 e. The average Bonchev–Trinajstić information content (AvgIpc) is 2.95. The number of hydrogen-bond donors (Lipinski definition) is 0. The highest BCUT2D eigenvalue weighted by molar-refractivity contribution is 5.72. The molecule has 22 heavy (non-hydrogen) atoms. The Labute approximate surface area is 133 Å². The average molecular weight is 310 g/mol. The lowest BCUT2D eigenvalue weighted by Gasteiger charge is -2.53. The highest BCUT2D eigenvalue weighted by atomic mass is 16.7. The van der Waals surface area contributed by atoms with Crippen LogP contribution in [0.4, 0.5) is 0 Å². The zero-order chi connectivity index (χ0) is 16.0. The summed E-state index contributed by atoms with van der Waals surface area (Å²) < 4.78 is 18.3. The highest BCUT2D eigenvalue weighted by Gasteiger charge is 2.57. The summed E-state index contributed by atoms with van der Waals surface area (Å²) in [6.07, 6.45) is 5.41. The fourth-order valence-corrected chi connectivity index (χ4v) is 4.41. The molecule has 0 radical (unpaired) electrons. The van der Waals surface area contributed by atoms with Gasteiger partial charge in [0.2, 0.25) is 5.79 Å². The SMILES string of the molecule is CC(C)[C@@H]1CC[C@@H](C)[C@]2(C1)OC(=O)C[C@@](C)([C@H]1CCCO1)O2. The van der Waals surface area contributed by atoms with Crippen molar-refractivity contribution in [3.05, 3.63) is 0 Å². The second kappa shape index (κ2) is 5.79. The summed E-state index contributed by atoms with van der Waals surface area (Å²) in [6.45, 7) is 9.47. The van der Waals surface area contributed by atoms with E-state index in [1.807, 2.05) is 6.92 Å². The predicted molar refractivity (Wildman–Crippen MR) is 83.2 cm³/mol. The summed E-state index contributed by atoms with van der Waals surface area (Å²) in [5, 5.41) is 0. The maximum atomic E-state index is 12.4. The number of carbonyl (C=O) groups is 1. The van der Waals surface area contributed by atoms with Gasteiger partial charge < -0.3 is 14.2 Å². The minimum Gasteiger partial charge on any atom is -0.433 e. The zero-order valence-corrected chi connectivity index (χ0v) is 14.4. The number of ether oxygens (including phenoxy) is 3. The summed E-state index contributed by atoms with van der Waals surface area (Å²) in [7, 11) is 0. The second-order valence-electron chi connectivity index (χ2n) is 8.07. The van der Waals surface area contributed by atoms with E-state index in [-0.39, 0.29) is 18.0 Å². The molecule has 0 aromatic rings. The van der Waals surface area contributed by atoms with E-state index in [1.165, 1.54) is 6.42 Å². The van der Waals surface area contributed by atoms with Crippen molar-refractivity contribution in [2.45, 2.75) is 83.7 Å². The van der Waals surface area contributed by atoms with Gasteiger partial charge in [-0.05, 0) is 44.4 Å². The molecular weight excluding hydrogens is 280 g/mol. The van der Waals surface area contributed by atoms with Gasteiger partial charge in [0.15, 0.2) is 0 Å². The monoisotopic (exact) mass is 310 g/mol. The van der Waals surface area contributed by atoms with Crippen LogP contribution >= 0.6 is 0 Å². The Morgan fingerprint density at radius 1 is 1.23 bits per heavy atom. The molecule has 0 amide bonds. The Balaban J connectivity index is 1.85. The van der Waals surface area contributed by atoms with Crippen molar-refractivity contribution >= 4 is 5.97 Å². The third kappa shape index (κ3) is 2.80. The van der Waals surface area contributed by atoms with Gasteiger partial charge in [-0.25, -0.2) is 0 Å². The molecule has 0 unspecified atom stereocenters. The molecule has 4 nitrogen and oxygen atoms in total. The van der Waals surface area contributed by atoms with E-state index >= 15 is 0 Å². The first-order valence-corrected chi connectivity index (χ1v) is 8.88. The molecule has 1 saturated carbocycles. The first-order valence-electron chi connectivity index (χ1n) is 8.88. The van der Waals surface area contributed by atoms with Crippen molar-refractivity contribution in [3.63, 3.8) is 0 Å². The Morgan fingerprint density at radius 2 is 2.00 bits per heavy atom. The van der Waals surface area contributed by atoms with Gasteiger partial charge in [0.1, 0.15) is 5.60 Å². The molecule has 3 fully saturated rings. The van der Waals surface area contributed by atoms with E-state index in [1.54, 1.807) is 0 Å². The van der Waals surface area contributed by atoms with Crippen LogP contribution in [0.25, 0.3) is 0 Å². The smallest absolute Gasteiger partial charge is 0.311 e. The van der Waals surface area contributed by atoms with E-state index < -0.39 is 11.4 Å². The number of rotatable bonds is 2. The summed E-state index contributed by atoms with van der Waals surface area (Å²) in [4.78, 5) is 12.4. The molecule has 5 atom stereocenters. The van der Waals surface area contributed by atoms with Crippen molar-refractivity contribution in [1.82, 2.24) is 0 Å². The van der Waals surface area contributed by atoms with Crippen molar-refractivity contribution in [2.24, 2.45) is 17.8 Å². The van der Waals surface area contributed by atoms with E-state index in [0.717, 1.165) is 32.3 Å². The molecule has 0 bridgehead atoms. The fraction of sp³-hybridized carbons (Fsp3) is 0.944. The molecule has 0 aromatic heterocycles. The van der Waals surface area contributed by atoms with Crippen LogP contribution in [0.5, 0.6) is 0 Å². The van der Waals surface area contributed by atoms with Crippen LogP contribution in [0, 0.1) is 17.8 Å². The Bertz CT molecular complexity index is 429. The van der Waals surface area contributed by atoms with Gasteiger partial charge in [-0.15, -0.1) is 0 Å². The number of hydrogen-bond acceptors (Lipinski definition) is 4. The van der Waals surface area contributed by atoms with Crippen LogP contribution in [-0.2, 0) is 19.0 Å². The summed E-state index contributed by atoms with van der Waals surface area (Å²) >= 11 is 0. The standard InChI is InChI=1S/C18H30O4/c1-12(2)14-8-7-13(3)18(10-14)21-16(19)11-17(4,22-18)15-6-5-9-20-15/h12-15H,5-11H2,1-4H3/t13-,14-,15-,17+,18-/m1/s1. The maximum absolute atomic E-state index is 12.4. The first-order chi connectivity index (χ1) is 10.3. The summed E-state index contributed by atoms with van der Waals surface area (Å²) in [5.74, 6) is 0.509. The van der Waals surface area contributed by atoms with Gasteiger partial charge in [0.05, 0.1) is 12.5 Å². The van der Waals surface area contributed by atoms with Crippen LogP contribution in [0.15, 0.2) is 0 Å². The molecule has 2 heterocycles. The zero-order valence-electron chi connectivity index (χ0n) is 14.4. The quantitative estimate of drug-likeness (QED) is 0.730. The Kier molecular flexibility index (Phi) is 4.28. The van der Waals surface area contributed by atoms with Gasteiger partial charge in [-0.3, -0.25) is 4.79 Å². The highest BCUT2D eigenvalue weighted by Crippen LogP contribution is 2.49. The van der Waals surface area contributed by atoms with E-state index in [0.29, 0.717) is 18.3 Å². The summed E-state index contributed by atoms with van der Waals surface area (Å²) in [6, 6.07) is 0. The minimum atomic E-state index is -0.747. The fourth-order valence-electron chi connectivity index (χ4n) is 4.41. The normalized spacial score (nSPS) is 46.2. The minimum absolute atomic E-state index is 0.0175. The largest absolute Gasteiger partial charge is 0.433 e. The molecular formula is C18H30O4. The second-order valence-corrected chi connectivity index (χ2v) is 8.07. The molecule has 2 saturated heterocycles. The van der Waals surface area contributed by atoms with Gasteiger partial charge in [-0.1, -0.05) is 20.8 Å². The molecule has 0 aromatic carbocycles. The van der Waals surface area contributed by atoms with Crippen LogP contribution in [0.3, 0.4) is 0 Å². The molecule has 1 spiro atoms. The van der Waals surface area contributed by atoms with Crippen LogP contribution in [-0.4, -0.2) is 30.1 Å². The van der Waals surface area contributed by atoms with Gasteiger partial charge in [-0.2, -0.15) is 0 Å². The van der Waals surface area contributed by atoms with E-state index in [2.05, 4.69) is 20.8 Å². The lowest BCUT2D eigenvalue weighted by Crippen LogP contribution is -2.61. The van der Waals surface area contributed by atoms with Crippen molar-refractivity contribution in [1.29, 1.82) is 0 Å². The molecule has 2 aliphatic heterocycles. The van der Waals surface area contributed by atoms with E-state index in [9.17, 15) is 4.79 Å². The van der Waals surface area contributed by atoms with Crippen molar-refractivity contribution in [3.8, 4) is 0 Å². The van der Waals surface area contributed by atoms with Gasteiger partial charge >= 0.3 is 5.97 Å². The lowest BCUT2D eigenvalue weighted by molar-refractivity contribution is -0.348. The van der Waals surface area contributed by atoms with Crippen molar-refractivity contribution < 1.29 is 19.0 Å². The topological polar surface area (TPSA) is 44.8 Å². The first kappa shape index (κ1) is 16.3. The molecule has 0 N–H and O–H groups in total. The lowest BCUT2D eigenvalue weighted by atomic mass is 9.72.